The molecule has 10 heteroatoms. The predicted molar refractivity (Wildman–Crippen MR) is 121 cm³/mol. The van der Waals surface area contributed by atoms with E-state index >= 15 is 0 Å². The highest BCUT2D eigenvalue weighted by Gasteiger charge is 2.36. The van der Waals surface area contributed by atoms with Crippen molar-refractivity contribution in [1.29, 1.82) is 0 Å². The highest BCUT2D eigenvalue weighted by molar-refractivity contribution is 5.91. The fourth-order valence-electron chi connectivity index (χ4n) is 4.70. The number of nitrogens with one attached hydrogen (secondary N) is 2. The van der Waals surface area contributed by atoms with Crippen LogP contribution in [0.25, 0.3) is 0 Å². The summed E-state index contributed by atoms with van der Waals surface area (Å²) in [5, 5.41) is 34.5. The number of amides is 2. The molecule has 4 N–H and O–H groups in total. The zero-order valence-electron chi connectivity index (χ0n) is 18.9. The van der Waals surface area contributed by atoms with E-state index in [-0.39, 0.29) is 24.8 Å². The number of ether oxygens (including phenoxy) is 2. The van der Waals surface area contributed by atoms with Crippen LogP contribution in [-0.2, 0) is 16.9 Å². The Morgan fingerprint density at radius 3 is 2.85 bits per heavy atom. The third-order valence-corrected chi connectivity index (χ3v) is 6.59. The van der Waals surface area contributed by atoms with Gasteiger partial charge in [-0.15, -0.1) is 5.10 Å². The molecule has 1 saturated heterocycles. The Morgan fingerprint density at radius 2 is 2.09 bits per heavy atom. The van der Waals surface area contributed by atoms with Crippen LogP contribution in [0.15, 0.2) is 30.5 Å². The van der Waals surface area contributed by atoms with Gasteiger partial charge in [0.05, 0.1) is 37.7 Å². The number of aliphatic hydroxyl groups is 2. The number of urea groups is 1. The average molecular weight is 460 g/mol. The molecule has 0 unspecified atom stereocenters. The minimum atomic E-state index is -0.842. The van der Waals surface area contributed by atoms with E-state index in [1.54, 1.807) is 23.9 Å². The maximum Gasteiger partial charge on any atom is 0.319 e. The van der Waals surface area contributed by atoms with Gasteiger partial charge in [-0.3, -0.25) is 4.68 Å². The quantitative estimate of drug-likeness (QED) is 0.476. The topological polar surface area (TPSA) is 131 Å². The number of rotatable bonds is 8. The van der Waals surface area contributed by atoms with Crippen LogP contribution in [0.4, 0.5) is 10.5 Å². The first-order chi connectivity index (χ1) is 16.0. The molecule has 10 nitrogen and oxygen atoms in total. The molecule has 3 atom stereocenters. The second-order valence-corrected chi connectivity index (χ2v) is 8.86. The lowest BCUT2D eigenvalue weighted by atomic mass is 9.97. The Bertz CT molecular complexity index is 929. The molecule has 1 saturated carbocycles. The molecule has 2 amide bonds. The Morgan fingerprint density at radius 1 is 1.30 bits per heavy atom. The molecule has 1 aromatic carbocycles. The van der Waals surface area contributed by atoms with Crippen molar-refractivity contribution in [3.05, 3.63) is 36.2 Å². The van der Waals surface area contributed by atoms with Crippen molar-refractivity contribution in [3.63, 3.8) is 0 Å². The Kier molecular flexibility index (Phi) is 7.46. The third-order valence-electron chi connectivity index (χ3n) is 6.59. The molecular weight excluding hydrogens is 426 g/mol. The maximum atomic E-state index is 12.5. The van der Waals surface area contributed by atoms with E-state index in [1.807, 2.05) is 18.3 Å². The molecule has 1 aromatic heterocycles. The minimum absolute atomic E-state index is 0.0558. The van der Waals surface area contributed by atoms with Crippen LogP contribution in [0.2, 0.25) is 0 Å². The van der Waals surface area contributed by atoms with Crippen LogP contribution < -0.4 is 15.4 Å². The Labute approximate surface area is 193 Å². The van der Waals surface area contributed by atoms with E-state index in [0.717, 1.165) is 32.1 Å². The fraction of sp³-hybridized carbons (Fsp3) is 0.609. The SMILES string of the molecule is COc1ccccc1NC(=O)N[C@@H]1CC[C@H](CCn2cc(C3(O)CCCC3)nn2)O[C@H]1CO. The highest BCUT2D eigenvalue weighted by atomic mass is 16.5. The van der Waals surface area contributed by atoms with E-state index in [1.165, 1.54) is 0 Å². The van der Waals surface area contributed by atoms with Crippen LogP contribution in [0, 0.1) is 0 Å². The fourth-order valence-corrected chi connectivity index (χ4v) is 4.70. The number of hydrogen-bond donors (Lipinski definition) is 4. The molecular formula is C23H33N5O5. The van der Waals surface area contributed by atoms with Crippen LogP contribution in [0.3, 0.4) is 0 Å². The second-order valence-electron chi connectivity index (χ2n) is 8.86. The van der Waals surface area contributed by atoms with Crippen LogP contribution in [-0.4, -0.2) is 63.2 Å². The van der Waals surface area contributed by atoms with E-state index < -0.39 is 11.7 Å². The summed E-state index contributed by atoms with van der Waals surface area (Å²) in [7, 11) is 1.55. The Hall–Kier alpha value is -2.69. The van der Waals surface area contributed by atoms with Gasteiger partial charge >= 0.3 is 6.03 Å². The summed E-state index contributed by atoms with van der Waals surface area (Å²) in [5.41, 5.74) is 0.371. The van der Waals surface area contributed by atoms with Crippen molar-refractivity contribution in [3.8, 4) is 5.75 Å². The molecule has 2 fully saturated rings. The van der Waals surface area contributed by atoms with Crippen LogP contribution in [0.5, 0.6) is 5.75 Å². The van der Waals surface area contributed by atoms with Crippen LogP contribution in [0.1, 0.15) is 50.6 Å². The molecule has 2 heterocycles. The van der Waals surface area contributed by atoms with Crippen molar-refractivity contribution in [2.45, 2.75) is 75.3 Å². The highest BCUT2D eigenvalue weighted by Crippen LogP contribution is 2.37. The summed E-state index contributed by atoms with van der Waals surface area (Å²) in [6, 6.07) is 6.51. The number of para-hydroxylation sites is 2. The van der Waals surface area contributed by atoms with E-state index in [0.29, 0.717) is 36.5 Å². The van der Waals surface area contributed by atoms with Gasteiger partial charge in [-0.25, -0.2) is 4.79 Å². The van der Waals surface area contributed by atoms with Crippen molar-refractivity contribution in [2.24, 2.45) is 0 Å². The van der Waals surface area contributed by atoms with Gasteiger partial charge in [0.15, 0.2) is 0 Å². The van der Waals surface area contributed by atoms with Crippen molar-refractivity contribution < 1.29 is 24.5 Å². The smallest absolute Gasteiger partial charge is 0.319 e. The van der Waals surface area contributed by atoms with Gasteiger partial charge in [-0.05, 0) is 44.2 Å². The second kappa shape index (κ2) is 10.5. The first-order valence-corrected chi connectivity index (χ1v) is 11.6. The lowest BCUT2D eigenvalue weighted by Gasteiger charge is -2.36. The van der Waals surface area contributed by atoms with E-state index in [4.69, 9.17) is 9.47 Å². The minimum Gasteiger partial charge on any atom is -0.495 e. The predicted octanol–water partition coefficient (Wildman–Crippen LogP) is 2.17. The normalized spacial score (nSPS) is 24.4. The van der Waals surface area contributed by atoms with E-state index in [9.17, 15) is 15.0 Å². The number of carbonyl (C=O) groups is 1. The first kappa shape index (κ1) is 23.5. The third kappa shape index (κ3) is 5.63. The zero-order chi connectivity index (χ0) is 23.3. The molecule has 33 heavy (non-hydrogen) atoms. The van der Waals surface area contributed by atoms with Gasteiger partial charge in [0.25, 0.3) is 0 Å². The standard InChI is InChI=1S/C23H33N5O5/c1-32-19-7-3-2-6-17(19)24-22(30)25-18-9-8-16(33-20(18)15-29)10-13-28-14-21(26-27-28)23(31)11-4-5-12-23/h2-3,6-7,14,16,18,20,29,31H,4-5,8-13,15H2,1H3,(H2,24,25,30)/t16-,18-,20+/m1/s1. The number of aryl methyl sites for hydroxylation is 1. The van der Waals surface area contributed by atoms with Crippen LogP contribution >= 0.6 is 0 Å². The summed E-state index contributed by atoms with van der Waals surface area (Å²) in [6.07, 6.45) is 6.91. The van der Waals surface area contributed by atoms with Gasteiger partial charge in [0.2, 0.25) is 0 Å². The number of nitrogens with zero attached hydrogens (tertiary/aromatic N) is 3. The molecule has 0 radical (unpaired) electrons. The molecule has 1 aliphatic heterocycles. The number of aliphatic hydroxyl groups excluding tert-OH is 1. The van der Waals surface area contributed by atoms with Crippen molar-refractivity contribution >= 4 is 11.7 Å². The number of benzene rings is 1. The number of anilines is 1. The maximum absolute atomic E-state index is 12.5. The van der Waals surface area contributed by atoms with Gasteiger partial charge in [0, 0.05) is 6.54 Å². The Balaban J connectivity index is 1.26. The van der Waals surface area contributed by atoms with Gasteiger partial charge in [-0.2, -0.15) is 0 Å². The number of aromatic nitrogens is 3. The number of carbonyl (C=O) groups excluding carboxylic acids is 1. The molecule has 2 aromatic rings. The van der Waals surface area contributed by atoms with Crippen molar-refractivity contribution in [1.82, 2.24) is 20.3 Å². The molecule has 0 spiro atoms. The molecule has 4 rings (SSSR count). The molecule has 1 aliphatic carbocycles. The van der Waals surface area contributed by atoms with Crippen molar-refractivity contribution in [2.75, 3.05) is 19.0 Å². The summed E-state index contributed by atoms with van der Waals surface area (Å²) < 4.78 is 13.1. The summed E-state index contributed by atoms with van der Waals surface area (Å²) in [4.78, 5) is 12.5. The lowest BCUT2D eigenvalue weighted by Crippen LogP contribution is -2.52. The number of methoxy groups -OCH3 is 1. The summed E-state index contributed by atoms with van der Waals surface area (Å²) in [6.45, 7) is 0.425. The summed E-state index contributed by atoms with van der Waals surface area (Å²) in [5.74, 6) is 0.572. The largest absolute Gasteiger partial charge is 0.495 e. The zero-order valence-corrected chi connectivity index (χ0v) is 18.9. The first-order valence-electron chi connectivity index (χ1n) is 11.6. The molecule has 0 bridgehead atoms. The lowest BCUT2D eigenvalue weighted by molar-refractivity contribution is -0.0905. The monoisotopic (exact) mass is 459 g/mol. The van der Waals surface area contributed by atoms with Gasteiger partial charge in [-0.1, -0.05) is 30.2 Å². The van der Waals surface area contributed by atoms with Gasteiger partial charge in [0.1, 0.15) is 23.1 Å². The summed E-state index contributed by atoms with van der Waals surface area (Å²) >= 11 is 0. The average Bonchev–Trinajstić information content (AvgIpc) is 3.49. The van der Waals surface area contributed by atoms with Gasteiger partial charge < -0.3 is 30.3 Å². The molecule has 2 aliphatic rings. The van der Waals surface area contributed by atoms with E-state index in [2.05, 4.69) is 20.9 Å². The molecule has 180 valence electrons. The number of hydrogen-bond acceptors (Lipinski definition) is 7.